The van der Waals surface area contributed by atoms with Crippen molar-refractivity contribution in [1.29, 1.82) is 0 Å². The maximum absolute atomic E-state index is 12.9. The van der Waals surface area contributed by atoms with Crippen molar-refractivity contribution in [3.8, 4) is 0 Å². The monoisotopic (exact) mass is 418 g/mol. The molecule has 1 saturated heterocycles. The maximum Gasteiger partial charge on any atom is 0.245 e. The van der Waals surface area contributed by atoms with Crippen LogP contribution in [0.25, 0.3) is 0 Å². The van der Waals surface area contributed by atoms with Crippen molar-refractivity contribution < 1.29 is 14.4 Å². The van der Waals surface area contributed by atoms with Gasteiger partial charge in [-0.05, 0) is 38.5 Å². The van der Waals surface area contributed by atoms with Gasteiger partial charge in [0, 0.05) is 30.4 Å². The summed E-state index contributed by atoms with van der Waals surface area (Å²) < 4.78 is 0. The summed E-state index contributed by atoms with van der Waals surface area (Å²) in [5, 5.41) is 5.15. The predicted octanol–water partition coefficient (Wildman–Crippen LogP) is 2.82. The number of likely N-dealkylation sites (tertiary alicyclic amines) is 1. The van der Waals surface area contributed by atoms with Gasteiger partial charge < -0.3 is 15.1 Å². The molecule has 0 spiro atoms. The van der Waals surface area contributed by atoms with Gasteiger partial charge in [0.05, 0.1) is 12.1 Å². The predicted molar refractivity (Wildman–Crippen MR) is 112 cm³/mol. The zero-order valence-corrected chi connectivity index (χ0v) is 17.7. The van der Waals surface area contributed by atoms with Crippen LogP contribution in [0.5, 0.6) is 0 Å². The van der Waals surface area contributed by atoms with Gasteiger partial charge in [-0.15, -0.1) is 11.3 Å². The molecule has 0 bridgehead atoms. The van der Waals surface area contributed by atoms with Gasteiger partial charge in [0.25, 0.3) is 0 Å². The van der Waals surface area contributed by atoms with Crippen molar-refractivity contribution >= 4 is 34.2 Å². The Kier molecular flexibility index (Phi) is 6.47. The van der Waals surface area contributed by atoms with Gasteiger partial charge in [-0.25, -0.2) is 4.98 Å². The van der Waals surface area contributed by atoms with E-state index >= 15 is 0 Å². The van der Waals surface area contributed by atoms with Crippen LogP contribution in [-0.2, 0) is 20.8 Å². The molecule has 0 unspecified atom stereocenters. The normalized spacial score (nSPS) is 19.9. The summed E-state index contributed by atoms with van der Waals surface area (Å²) in [7, 11) is 0. The van der Waals surface area contributed by atoms with Crippen molar-refractivity contribution in [3.63, 3.8) is 0 Å². The molecule has 1 N–H and O–H groups in total. The van der Waals surface area contributed by atoms with Crippen LogP contribution in [-0.4, -0.2) is 58.2 Å². The van der Waals surface area contributed by atoms with Gasteiger partial charge in [-0.3, -0.25) is 14.4 Å². The highest BCUT2D eigenvalue weighted by Gasteiger charge is 2.37. The Balaban J connectivity index is 1.29. The Hall–Kier alpha value is -1.96. The van der Waals surface area contributed by atoms with E-state index in [1.165, 1.54) is 17.8 Å². The Morgan fingerprint density at radius 1 is 1.07 bits per heavy atom. The zero-order chi connectivity index (χ0) is 20.2. The summed E-state index contributed by atoms with van der Waals surface area (Å²) >= 11 is 1.33. The number of carbonyl (C=O) groups is 3. The van der Waals surface area contributed by atoms with Crippen molar-refractivity contribution in [2.75, 3.05) is 25.0 Å². The van der Waals surface area contributed by atoms with E-state index < -0.39 is 0 Å². The lowest BCUT2D eigenvalue weighted by Gasteiger charge is -2.28. The fourth-order valence-electron chi connectivity index (χ4n) is 4.35. The highest BCUT2D eigenvalue weighted by atomic mass is 32.1. The number of hydrogen-bond donors (Lipinski definition) is 1. The highest BCUT2D eigenvalue weighted by molar-refractivity contribution is 7.13. The Morgan fingerprint density at radius 2 is 1.79 bits per heavy atom. The second-order valence-electron chi connectivity index (χ2n) is 8.49. The average molecular weight is 419 g/mol. The number of anilines is 1. The van der Waals surface area contributed by atoms with Crippen molar-refractivity contribution in [2.45, 2.75) is 70.3 Å². The number of nitrogens with zero attached hydrogens (tertiary/aromatic N) is 3. The lowest BCUT2D eigenvalue weighted by molar-refractivity contribution is -0.139. The van der Waals surface area contributed by atoms with Crippen LogP contribution in [0.15, 0.2) is 5.38 Å². The fourth-order valence-corrected chi connectivity index (χ4v) is 5.08. The van der Waals surface area contributed by atoms with Crippen LogP contribution in [0.1, 0.15) is 63.5 Å². The van der Waals surface area contributed by atoms with E-state index in [-0.39, 0.29) is 42.6 Å². The molecule has 1 aliphatic heterocycles. The molecular weight excluding hydrogens is 388 g/mol. The second kappa shape index (κ2) is 9.24. The van der Waals surface area contributed by atoms with Crippen LogP contribution in [0.4, 0.5) is 5.13 Å². The molecule has 3 aliphatic rings. The quantitative estimate of drug-likeness (QED) is 0.738. The first-order chi connectivity index (χ1) is 14.1. The van der Waals surface area contributed by atoms with Gasteiger partial charge in [-0.1, -0.05) is 19.3 Å². The van der Waals surface area contributed by atoms with Gasteiger partial charge >= 0.3 is 0 Å². The van der Waals surface area contributed by atoms with E-state index in [9.17, 15) is 14.4 Å². The van der Waals surface area contributed by atoms with Gasteiger partial charge in [0.1, 0.15) is 6.54 Å². The molecule has 0 aromatic carbocycles. The van der Waals surface area contributed by atoms with Crippen LogP contribution in [0.2, 0.25) is 0 Å². The molecule has 4 rings (SSSR count). The minimum atomic E-state index is -0.201. The summed E-state index contributed by atoms with van der Waals surface area (Å²) in [6.45, 7) is 1.76. The topological polar surface area (TPSA) is 82.6 Å². The first-order valence-electron chi connectivity index (χ1n) is 10.9. The highest BCUT2D eigenvalue weighted by Crippen LogP contribution is 2.32. The third-order valence-corrected chi connectivity index (χ3v) is 6.93. The number of amides is 3. The van der Waals surface area contributed by atoms with E-state index in [0.717, 1.165) is 64.5 Å². The van der Waals surface area contributed by atoms with Gasteiger partial charge in [0.15, 0.2) is 5.13 Å². The maximum atomic E-state index is 12.9. The molecule has 1 aromatic heterocycles. The molecule has 8 heteroatoms. The van der Waals surface area contributed by atoms with Crippen LogP contribution in [0.3, 0.4) is 0 Å². The largest absolute Gasteiger partial charge is 0.342 e. The summed E-state index contributed by atoms with van der Waals surface area (Å²) in [6.07, 6.45) is 9.73. The number of aromatic nitrogens is 1. The molecule has 2 saturated carbocycles. The molecule has 1 aromatic rings. The van der Waals surface area contributed by atoms with Gasteiger partial charge in [-0.2, -0.15) is 0 Å². The van der Waals surface area contributed by atoms with Crippen LogP contribution >= 0.6 is 11.3 Å². The van der Waals surface area contributed by atoms with E-state index in [0.29, 0.717) is 10.8 Å². The summed E-state index contributed by atoms with van der Waals surface area (Å²) in [5.41, 5.74) is 0.694. The second-order valence-corrected chi connectivity index (χ2v) is 9.35. The first-order valence-corrected chi connectivity index (χ1v) is 11.8. The lowest BCUT2D eigenvalue weighted by Crippen LogP contribution is -2.43. The standard InChI is InChI=1S/C21H30N4O3S/c26-18(13-25(17-8-9-17)20(28)15-6-2-1-3-7-15)23-21-22-16(14-29-21)12-19(27)24-10-4-5-11-24/h14-15,17H,1-13H2,(H,22,23,26). The minimum Gasteiger partial charge on any atom is -0.342 e. The SMILES string of the molecule is O=C(CN(C(=O)C1CCCCC1)C1CC1)Nc1nc(CC(=O)N2CCCC2)cs1. The molecule has 0 atom stereocenters. The van der Waals surface area contributed by atoms with Crippen molar-refractivity contribution in [3.05, 3.63) is 11.1 Å². The number of thiazole rings is 1. The summed E-state index contributed by atoms with van der Waals surface area (Å²) in [5.74, 6) is 0.134. The molecule has 3 amide bonds. The smallest absolute Gasteiger partial charge is 0.245 e. The van der Waals surface area contributed by atoms with E-state index in [1.807, 2.05) is 10.3 Å². The molecule has 2 heterocycles. The van der Waals surface area contributed by atoms with E-state index in [1.54, 1.807) is 4.90 Å². The average Bonchev–Trinajstić information content (AvgIpc) is 3.22. The molecule has 29 heavy (non-hydrogen) atoms. The number of nitrogens with one attached hydrogen (secondary N) is 1. The minimum absolute atomic E-state index is 0.0835. The molecule has 3 fully saturated rings. The van der Waals surface area contributed by atoms with E-state index in [2.05, 4.69) is 10.3 Å². The summed E-state index contributed by atoms with van der Waals surface area (Å²) in [6, 6.07) is 0.222. The Bertz CT molecular complexity index is 749. The molecule has 0 radical (unpaired) electrons. The number of rotatable bonds is 7. The molecule has 2 aliphatic carbocycles. The lowest BCUT2D eigenvalue weighted by atomic mass is 9.88. The third kappa shape index (κ3) is 5.35. The van der Waals surface area contributed by atoms with Gasteiger partial charge in [0.2, 0.25) is 17.7 Å². The van der Waals surface area contributed by atoms with Crippen molar-refractivity contribution in [1.82, 2.24) is 14.8 Å². The summed E-state index contributed by atoms with van der Waals surface area (Å²) in [4.78, 5) is 45.8. The van der Waals surface area contributed by atoms with Crippen LogP contribution < -0.4 is 5.32 Å². The fraction of sp³-hybridized carbons (Fsp3) is 0.714. The number of carbonyl (C=O) groups excluding carboxylic acids is 3. The molecular formula is C21H30N4O3S. The molecule has 158 valence electrons. The molecule has 7 nitrogen and oxygen atoms in total. The first kappa shape index (κ1) is 20.3. The van der Waals surface area contributed by atoms with Crippen LogP contribution in [0, 0.1) is 5.92 Å². The third-order valence-electron chi connectivity index (χ3n) is 6.13. The zero-order valence-electron chi connectivity index (χ0n) is 16.9. The van der Waals surface area contributed by atoms with Crippen molar-refractivity contribution in [2.24, 2.45) is 5.92 Å². The Morgan fingerprint density at radius 3 is 2.48 bits per heavy atom. The van der Waals surface area contributed by atoms with E-state index in [4.69, 9.17) is 0 Å². The Labute approximate surface area is 175 Å². The number of hydrogen-bond acceptors (Lipinski definition) is 5.